The maximum absolute atomic E-state index is 5.87. The maximum atomic E-state index is 5.87. The molecule has 1 fully saturated rings. The molecule has 0 radical (unpaired) electrons. The summed E-state index contributed by atoms with van der Waals surface area (Å²) < 4.78 is 11.4. The van der Waals surface area contributed by atoms with Gasteiger partial charge in [0.1, 0.15) is 11.5 Å². The molecular formula is C19H22ClNO2. The van der Waals surface area contributed by atoms with Crippen molar-refractivity contribution in [2.45, 2.75) is 25.9 Å². The highest BCUT2D eigenvalue weighted by molar-refractivity contribution is 6.30. The molecule has 2 aromatic carbocycles. The Morgan fingerprint density at radius 1 is 1.09 bits per heavy atom. The van der Waals surface area contributed by atoms with Crippen molar-refractivity contribution < 1.29 is 9.47 Å². The third kappa shape index (κ3) is 4.88. The number of rotatable bonds is 5. The maximum Gasteiger partial charge on any atom is 0.127 e. The Kier molecular flexibility index (Phi) is 5.42. The molecule has 2 aromatic rings. The molecule has 3 rings (SSSR count). The van der Waals surface area contributed by atoms with Gasteiger partial charge in [-0.3, -0.25) is 0 Å². The standard InChI is InChI=1S/C19H22ClNO2/c1-14-12-15(10-11-22-14)13-21-17-4-8-19(9-5-17)23-18-6-2-16(20)3-7-18/h2-9,14-15,21H,10-13H2,1H3. The minimum atomic E-state index is 0.380. The lowest BCUT2D eigenvalue weighted by molar-refractivity contribution is 0.00558. The van der Waals surface area contributed by atoms with Crippen molar-refractivity contribution in [2.24, 2.45) is 5.92 Å². The number of benzene rings is 2. The summed E-state index contributed by atoms with van der Waals surface area (Å²) in [6.45, 7) is 4.02. The Balaban J connectivity index is 1.51. The zero-order chi connectivity index (χ0) is 16.1. The van der Waals surface area contributed by atoms with Gasteiger partial charge in [0.05, 0.1) is 6.10 Å². The molecule has 1 aliphatic rings. The third-order valence-electron chi connectivity index (χ3n) is 4.09. The lowest BCUT2D eigenvalue weighted by atomic mass is 9.96. The second-order valence-corrected chi connectivity index (χ2v) is 6.47. The van der Waals surface area contributed by atoms with Crippen LogP contribution < -0.4 is 10.1 Å². The molecule has 122 valence electrons. The van der Waals surface area contributed by atoms with Crippen LogP contribution in [0.15, 0.2) is 48.5 Å². The van der Waals surface area contributed by atoms with Crippen LogP contribution >= 0.6 is 11.6 Å². The summed E-state index contributed by atoms with van der Waals surface area (Å²) in [4.78, 5) is 0. The van der Waals surface area contributed by atoms with Crippen LogP contribution in [-0.2, 0) is 4.74 Å². The topological polar surface area (TPSA) is 30.5 Å². The first kappa shape index (κ1) is 16.2. The molecule has 23 heavy (non-hydrogen) atoms. The number of ether oxygens (including phenoxy) is 2. The SMILES string of the molecule is CC1CC(CNc2ccc(Oc3ccc(Cl)cc3)cc2)CCO1. The average molecular weight is 332 g/mol. The lowest BCUT2D eigenvalue weighted by Crippen LogP contribution is -2.27. The van der Waals surface area contributed by atoms with E-state index in [0.29, 0.717) is 17.0 Å². The van der Waals surface area contributed by atoms with E-state index in [1.54, 1.807) is 0 Å². The van der Waals surface area contributed by atoms with E-state index in [0.717, 1.165) is 43.2 Å². The van der Waals surface area contributed by atoms with Crippen LogP contribution in [0.4, 0.5) is 5.69 Å². The highest BCUT2D eigenvalue weighted by Crippen LogP contribution is 2.25. The van der Waals surface area contributed by atoms with Crippen molar-refractivity contribution in [1.82, 2.24) is 0 Å². The van der Waals surface area contributed by atoms with E-state index >= 15 is 0 Å². The van der Waals surface area contributed by atoms with Crippen LogP contribution in [0, 0.1) is 5.92 Å². The van der Waals surface area contributed by atoms with E-state index in [1.807, 2.05) is 48.5 Å². The van der Waals surface area contributed by atoms with Gasteiger partial charge in [-0.2, -0.15) is 0 Å². The molecule has 1 aliphatic heterocycles. The van der Waals surface area contributed by atoms with Gasteiger partial charge < -0.3 is 14.8 Å². The molecule has 0 aliphatic carbocycles. The predicted molar refractivity (Wildman–Crippen MR) is 94.6 cm³/mol. The third-order valence-corrected chi connectivity index (χ3v) is 4.34. The van der Waals surface area contributed by atoms with Gasteiger partial charge in [0, 0.05) is 23.9 Å². The monoisotopic (exact) mass is 331 g/mol. The van der Waals surface area contributed by atoms with Gasteiger partial charge in [0.2, 0.25) is 0 Å². The van der Waals surface area contributed by atoms with E-state index in [2.05, 4.69) is 12.2 Å². The second kappa shape index (κ2) is 7.71. The van der Waals surface area contributed by atoms with Gasteiger partial charge in [-0.25, -0.2) is 0 Å². The van der Waals surface area contributed by atoms with Gasteiger partial charge in [0.15, 0.2) is 0 Å². The predicted octanol–water partition coefficient (Wildman–Crippen LogP) is 5.36. The molecule has 0 amide bonds. The molecule has 3 nitrogen and oxygen atoms in total. The van der Waals surface area contributed by atoms with Crippen LogP contribution in [-0.4, -0.2) is 19.3 Å². The van der Waals surface area contributed by atoms with Crippen LogP contribution in [0.1, 0.15) is 19.8 Å². The van der Waals surface area contributed by atoms with Gasteiger partial charge in [-0.15, -0.1) is 0 Å². The second-order valence-electron chi connectivity index (χ2n) is 6.03. The lowest BCUT2D eigenvalue weighted by Gasteiger charge is -2.27. The highest BCUT2D eigenvalue weighted by Gasteiger charge is 2.18. The van der Waals surface area contributed by atoms with Crippen molar-refractivity contribution in [3.05, 3.63) is 53.6 Å². The molecule has 0 saturated carbocycles. The highest BCUT2D eigenvalue weighted by atomic mass is 35.5. The first-order valence-corrected chi connectivity index (χ1v) is 8.46. The van der Waals surface area contributed by atoms with Crippen molar-refractivity contribution >= 4 is 17.3 Å². The Morgan fingerprint density at radius 2 is 1.74 bits per heavy atom. The van der Waals surface area contributed by atoms with E-state index in [4.69, 9.17) is 21.1 Å². The van der Waals surface area contributed by atoms with Crippen LogP contribution in [0.2, 0.25) is 5.02 Å². The zero-order valence-electron chi connectivity index (χ0n) is 13.3. The van der Waals surface area contributed by atoms with Crippen molar-refractivity contribution in [3.8, 4) is 11.5 Å². The van der Waals surface area contributed by atoms with E-state index in [1.165, 1.54) is 0 Å². The molecule has 4 heteroatoms. The molecular weight excluding hydrogens is 310 g/mol. The minimum Gasteiger partial charge on any atom is -0.457 e. The normalized spacial score (nSPS) is 21.0. The molecule has 1 heterocycles. The van der Waals surface area contributed by atoms with Crippen molar-refractivity contribution in [2.75, 3.05) is 18.5 Å². The summed E-state index contributed by atoms with van der Waals surface area (Å²) in [7, 11) is 0. The molecule has 0 aromatic heterocycles. The average Bonchev–Trinajstić information content (AvgIpc) is 2.56. The Labute approximate surface area is 142 Å². The van der Waals surface area contributed by atoms with Crippen LogP contribution in [0.5, 0.6) is 11.5 Å². The fourth-order valence-electron chi connectivity index (χ4n) is 2.82. The number of anilines is 1. The van der Waals surface area contributed by atoms with E-state index in [-0.39, 0.29) is 0 Å². The van der Waals surface area contributed by atoms with Crippen LogP contribution in [0.25, 0.3) is 0 Å². The number of nitrogens with one attached hydrogen (secondary N) is 1. The van der Waals surface area contributed by atoms with Crippen LogP contribution in [0.3, 0.4) is 0 Å². The molecule has 0 bridgehead atoms. The number of halogens is 1. The first-order chi connectivity index (χ1) is 11.2. The minimum absolute atomic E-state index is 0.380. The largest absolute Gasteiger partial charge is 0.457 e. The van der Waals surface area contributed by atoms with Gasteiger partial charge >= 0.3 is 0 Å². The number of hydrogen-bond donors (Lipinski definition) is 1. The Hall–Kier alpha value is -1.71. The Bertz CT molecular complexity index is 612. The molecule has 1 saturated heterocycles. The fourth-order valence-corrected chi connectivity index (χ4v) is 2.94. The van der Waals surface area contributed by atoms with E-state index < -0.39 is 0 Å². The Morgan fingerprint density at radius 3 is 2.39 bits per heavy atom. The fraction of sp³-hybridized carbons (Fsp3) is 0.368. The van der Waals surface area contributed by atoms with Crippen molar-refractivity contribution in [1.29, 1.82) is 0 Å². The molecule has 1 N–H and O–H groups in total. The summed E-state index contributed by atoms with van der Waals surface area (Å²) in [5.74, 6) is 2.28. The van der Waals surface area contributed by atoms with Crippen molar-refractivity contribution in [3.63, 3.8) is 0 Å². The van der Waals surface area contributed by atoms with Gasteiger partial charge in [-0.1, -0.05) is 11.6 Å². The summed E-state index contributed by atoms with van der Waals surface area (Å²) in [6, 6.07) is 15.4. The molecule has 0 spiro atoms. The molecule has 2 unspecified atom stereocenters. The van der Waals surface area contributed by atoms with Gasteiger partial charge in [0.25, 0.3) is 0 Å². The number of hydrogen-bond acceptors (Lipinski definition) is 3. The first-order valence-electron chi connectivity index (χ1n) is 8.08. The van der Waals surface area contributed by atoms with E-state index in [9.17, 15) is 0 Å². The quantitative estimate of drug-likeness (QED) is 0.800. The van der Waals surface area contributed by atoms with Gasteiger partial charge in [-0.05, 0) is 74.2 Å². The smallest absolute Gasteiger partial charge is 0.127 e. The zero-order valence-corrected chi connectivity index (χ0v) is 14.1. The summed E-state index contributed by atoms with van der Waals surface area (Å²) in [5.41, 5.74) is 1.12. The summed E-state index contributed by atoms with van der Waals surface area (Å²) >= 11 is 5.87. The summed E-state index contributed by atoms with van der Waals surface area (Å²) in [5, 5.41) is 4.21. The molecule has 2 atom stereocenters. The summed E-state index contributed by atoms with van der Waals surface area (Å²) in [6.07, 6.45) is 2.64.